The number of aliphatic hydroxyl groups is 2. The molecular weight excluding hydrogens is 419 g/mol. The minimum absolute atomic E-state index is 0.00201. The van der Waals surface area contributed by atoms with Crippen LogP contribution in [-0.2, 0) is 26.4 Å². The van der Waals surface area contributed by atoms with Gasteiger partial charge in [-0.15, -0.1) is 0 Å². The van der Waals surface area contributed by atoms with E-state index in [0.29, 0.717) is 6.20 Å². The molecule has 31 heavy (non-hydrogen) atoms. The van der Waals surface area contributed by atoms with Gasteiger partial charge < -0.3 is 15.2 Å². The molecular formula is C18H16F3N7O3. The summed E-state index contributed by atoms with van der Waals surface area (Å²) in [6.45, 7) is 0.479. The van der Waals surface area contributed by atoms with Gasteiger partial charge in [0.05, 0.1) is 47.1 Å². The van der Waals surface area contributed by atoms with Crippen LogP contribution in [0.15, 0.2) is 23.1 Å². The number of aromatic nitrogens is 7. The molecule has 0 aliphatic rings. The number of imidazole rings is 1. The van der Waals surface area contributed by atoms with Gasteiger partial charge in [0.25, 0.3) is 5.56 Å². The highest BCUT2D eigenvalue weighted by Crippen LogP contribution is 2.35. The molecule has 4 aromatic rings. The highest BCUT2D eigenvalue weighted by Gasteiger charge is 2.32. The van der Waals surface area contributed by atoms with Crippen LogP contribution < -0.4 is 5.56 Å². The number of hydrogen-bond donors (Lipinski definition) is 3. The fourth-order valence-electron chi connectivity index (χ4n) is 3.37. The Morgan fingerprint density at radius 1 is 1.13 bits per heavy atom. The van der Waals surface area contributed by atoms with Crippen molar-refractivity contribution in [2.45, 2.75) is 26.3 Å². The zero-order valence-electron chi connectivity index (χ0n) is 16.3. The monoisotopic (exact) mass is 435 g/mol. The number of aromatic amines is 1. The van der Waals surface area contributed by atoms with Crippen molar-refractivity contribution in [3.05, 3.63) is 51.5 Å². The Morgan fingerprint density at radius 3 is 2.42 bits per heavy atom. The summed E-state index contributed by atoms with van der Waals surface area (Å²) >= 11 is 0. The Bertz CT molecular complexity index is 1340. The number of aliphatic hydroxyl groups excluding tert-OH is 2. The van der Waals surface area contributed by atoms with Gasteiger partial charge in [0.15, 0.2) is 11.3 Å². The first-order valence-electron chi connectivity index (χ1n) is 8.95. The lowest BCUT2D eigenvalue weighted by Gasteiger charge is -2.09. The largest absolute Gasteiger partial charge is 0.417 e. The Labute approximate surface area is 171 Å². The van der Waals surface area contributed by atoms with Gasteiger partial charge >= 0.3 is 6.18 Å². The van der Waals surface area contributed by atoms with Crippen LogP contribution in [0.1, 0.15) is 22.8 Å². The SMILES string of the molecule is Cc1nn2c(-c3c(CO)nn(C)c3-c3ccc(C(F)(F)F)cn3)nc(CO)c2c(=O)[nH]1. The van der Waals surface area contributed by atoms with E-state index in [2.05, 4.69) is 25.1 Å². The first-order chi connectivity index (χ1) is 14.7. The molecule has 0 spiro atoms. The number of halogens is 3. The lowest BCUT2D eigenvalue weighted by Crippen LogP contribution is -2.15. The third-order valence-corrected chi connectivity index (χ3v) is 4.66. The maximum Gasteiger partial charge on any atom is 0.417 e. The van der Waals surface area contributed by atoms with Gasteiger partial charge in [-0.2, -0.15) is 23.4 Å². The van der Waals surface area contributed by atoms with Crippen molar-refractivity contribution in [1.82, 2.24) is 34.3 Å². The van der Waals surface area contributed by atoms with E-state index in [1.54, 1.807) is 6.92 Å². The number of alkyl halides is 3. The van der Waals surface area contributed by atoms with Gasteiger partial charge in [0.1, 0.15) is 5.82 Å². The minimum Gasteiger partial charge on any atom is -0.390 e. The van der Waals surface area contributed by atoms with Crippen molar-refractivity contribution in [2.75, 3.05) is 0 Å². The molecule has 0 saturated carbocycles. The summed E-state index contributed by atoms with van der Waals surface area (Å²) in [7, 11) is 1.53. The number of nitrogens with one attached hydrogen (secondary N) is 1. The van der Waals surface area contributed by atoms with Gasteiger partial charge in [-0.1, -0.05) is 0 Å². The Kier molecular flexibility index (Phi) is 4.86. The summed E-state index contributed by atoms with van der Waals surface area (Å²) in [6, 6.07) is 2.06. The highest BCUT2D eigenvalue weighted by molar-refractivity contribution is 5.80. The molecule has 0 amide bonds. The van der Waals surface area contributed by atoms with E-state index in [-0.39, 0.29) is 45.5 Å². The molecule has 0 bridgehead atoms. The highest BCUT2D eigenvalue weighted by atomic mass is 19.4. The van der Waals surface area contributed by atoms with Crippen LogP contribution in [0.2, 0.25) is 0 Å². The number of hydrogen-bond acceptors (Lipinski definition) is 7. The van der Waals surface area contributed by atoms with E-state index in [4.69, 9.17) is 0 Å². The van der Waals surface area contributed by atoms with E-state index in [0.717, 1.165) is 6.07 Å². The van der Waals surface area contributed by atoms with Crippen molar-refractivity contribution < 1.29 is 23.4 Å². The van der Waals surface area contributed by atoms with Crippen LogP contribution in [0.4, 0.5) is 13.2 Å². The molecule has 0 aliphatic heterocycles. The molecule has 13 heteroatoms. The zero-order chi connectivity index (χ0) is 22.5. The average Bonchev–Trinajstić information content (AvgIpc) is 3.24. The molecule has 4 aromatic heterocycles. The summed E-state index contributed by atoms with van der Waals surface area (Å²) in [6.07, 6.45) is -3.85. The molecule has 0 radical (unpaired) electrons. The van der Waals surface area contributed by atoms with Crippen LogP contribution in [0.25, 0.3) is 28.3 Å². The van der Waals surface area contributed by atoms with E-state index < -0.39 is 30.5 Å². The molecule has 0 fully saturated rings. The van der Waals surface area contributed by atoms with Crippen molar-refractivity contribution in [3.8, 4) is 22.8 Å². The van der Waals surface area contributed by atoms with E-state index in [1.807, 2.05) is 0 Å². The summed E-state index contributed by atoms with van der Waals surface area (Å²) in [4.78, 5) is 23.2. The van der Waals surface area contributed by atoms with Gasteiger partial charge in [0, 0.05) is 13.2 Å². The quantitative estimate of drug-likeness (QED) is 0.438. The standard InChI is InChI=1S/C18H16F3N7O3/c1-8-23-17(31)15-12(7-30)24-16(28(15)25-8)13-11(6-29)26-27(2)14(13)10-4-3-9(5-22-10)18(19,20)21/h3-5,29-30H,6-7H2,1-2H3,(H,23,25,31). The molecule has 4 rings (SSSR count). The molecule has 0 atom stereocenters. The van der Waals surface area contributed by atoms with Crippen LogP contribution >= 0.6 is 0 Å². The molecule has 4 heterocycles. The fourth-order valence-corrected chi connectivity index (χ4v) is 3.37. The second-order valence-electron chi connectivity index (χ2n) is 6.72. The molecule has 162 valence electrons. The van der Waals surface area contributed by atoms with Crippen LogP contribution in [0.5, 0.6) is 0 Å². The van der Waals surface area contributed by atoms with Crippen molar-refractivity contribution >= 4 is 5.52 Å². The van der Waals surface area contributed by atoms with E-state index >= 15 is 0 Å². The fraction of sp³-hybridized carbons (Fsp3) is 0.278. The lowest BCUT2D eigenvalue weighted by atomic mass is 10.1. The average molecular weight is 435 g/mol. The number of rotatable bonds is 4. The van der Waals surface area contributed by atoms with E-state index in [1.165, 1.54) is 22.3 Å². The van der Waals surface area contributed by atoms with Gasteiger partial charge in [0.2, 0.25) is 0 Å². The molecule has 10 nitrogen and oxygen atoms in total. The van der Waals surface area contributed by atoms with Crippen molar-refractivity contribution in [2.24, 2.45) is 7.05 Å². The first-order valence-corrected chi connectivity index (χ1v) is 8.95. The predicted octanol–water partition coefficient (Wildman–Crippen LogP) is 1.19. The maximum atomic E-state index is 12.9. The van der Waals surface area contributed by atoms with Crippen LogP contribution in [-0.4, -0.2) is 44.6 Å². The third-order valence-electron chi connectivity index (χ3n) is 4.66. The van der Waals surface area contributed by atoms with Crippen LogP contribution in [0.3, 0.4) is 0 Å². The second kappa shape index (κ2) is 7.28. The Balaban J connectivity index is 2.02. The van der Waals surface area contributed by atoms with Crippen LogP contribution in [0, 0.1) is 6.92 Å². The smallest absolute Gasteiger partial charge is 0.390 e. The number of nitrogens with zero attached hydrogens (tertiary/aromatic N) is 6. The van der Waals surface area contributed by atoms with Crippen molar-refractivity contribution in [1.29, 1.82) is 0 Å². The van der Waals surface area contributed by atoms with Gasteiger partial charge in [-0.3, -0.25) is 14.5 Å². The maximum absolute atomic E-state index is 12.9. The summed E-state index contributed by atoms with van der Waals surface area (Å²) in [5.74, 6) is 0.353. The first kappa shape index (κ1) is 20.7. The van der Waals surface area contributed by atoms with E-state index in [9.17, 15) is 28.2 Å². The predicted molar refractivity (Wildman–Crippen MR) is 101 cm³/mol. The molecule has 3 N–H and O–H groups in total. The zero-order valence-corrected chi connectivity index (χ0v) is 16.3. The summed E-state index contributed by atoms with van der Waals surface area (Å²) in [5, 5.41) is 28.0. The molecule has 0 aromatic carbocycles. The molecule has 0 saturated heterocycles. The van der Waals surface area contributed by atoms with Gasteiger partial charge in [-0.25, -0.2) is 9.50 Å². The number of pyridine rings is 1. The van der Waals surface area contributed by atoms with Crippen molar-refractivity contribution in [3.63, 3.8) is 0 Å². The number of fused-ring (bicyclic) bond motifs is 1. The number of aryl methyl sites for hydroxylation is 2. The second-order valence-corrected chi connectivity index (χ2v) is 6.72. The molecule has 0 aliphatic carbocycles. The normalized spacial score (nSPS) is 12.1. The lowest BCUT2D eigenvalue weighted by molar-refractivity contribution is -0.137. The summed E-state index contributed by atoms with van der Waals surface area (Å²) < 4.78 is 41.3. The minimum atomic E-state index is -4.55. The summed E-state index contributed by atoms with van der Waals surface area (Å²) in [5.41, 5.74) is -0.626. The Morgan fingerprint density at radius 2 is 1.84 bits per heavy atom. The number of H-pyrrole nitrogens is 1. The van der Waals surface area contributed by atoms with Gasteiger partial charge in [-0.05, 0) is 19.1 Å². The third kappa shape index (κ3) is 3.37. The Hall–Kier alpha value is -3.58. The topological polar surface area (TPSA) is 134 Å². The molecule has 0 unspecified atom stereocenters.